The van der Waals surface area contributed by atoms with Crippen LogP contribution in [-0.2, 0) is 11.3 Å². The third-order valence-electron chi connectivity index (χ3n) is 3.48. The lowest BCUT2D eigenvalue weighted by molar-refractivity contribution is -0.385. The topological polar surface area (TPSA) is 55.6 Å². The molecule has 0 bridgehead atoms. The highest BCUT2D eigenvalue weighted by atomic mass is 79.9. The number of hydroxylamine groups is 2. The molecule has 0 spiro atoms. The van der Waals surface area contributed by atoms with Crippen molar-refractivity contribution in [3.63, 3.8) is 0 Å². The molecule has 0 amide bonds. The van der Waals surface area contributed by atoms with Crippen LogP contribution in [0.15, 0.2) is 35.3 Å². The maximum atomic E-state index is 11.2. The first-order valence-corrected chi connectivity index (χ1v) is 7.27. The molecule has 0 fully saturated rings. The van der Waals surface area contributed by atoms with Gasteiger partial charge in [0.15, 0.2) is 0 Å². The quantitative estimate of drug-likeness (QED) is 0.472. The van der Waals surface area contributed by atoms with Crippen LogP contribution in [0.3, 0.4) is 0 Å². The summed E-state index contributed by atoms with van der Waals surface area (Å²) in [5.41, 5.74) is 1.96. The zero-order chi connectivity index (χ0) is 15.0. The van der Waals surface area contributed by atoms with E-state index in [4.69, 9.17) is 4.84 Å². The van der Waals surface area contributed by atoms with Crippen LogP contribution in [0.1, 0.15) is 5.56 Å². The highest BCUT2D eigenvalue weighted by molar-refractivity contribution is 9.11. The maximum Gasteiger partial charge on any atom is 0.273 e. The normalized spacial score (nSPS) is 16.0. The Kier molecular flexibility index (Phi) is 3.65. The Hall–Kier alpha value is -1.92. The molecule has 1 aliphatic heterocycles. The summed E-state index contributed by atoms with van der Waals surface area (Å²) in [4.78, 5) is 16.5. The number of halogens is 1. The Morgan fingerprint density at radius 1 is 1.52 bits per heavy atom. The van der Waals surface area contributed by atoms with Gasteiger partial charge in [-0.2, -0.15) is 0 Å². The number of nitro benzene ring substituents is 1. The van der Waals surface area contributed by atoms with Crippen LogP contribution in [0.4, 0.5) is 5.69 Å². The molecule has 0 atom stereocenters. The van der Waals surface area contributed by atoms with Gasteiger partial charge in [-0.05, 0) is 22.9 Å². The summed E-state index contributed by atoms with van der Waals surface area (Å²) in [6.07, 6.45) is 6.13. The Balaban J connectivity index is 2.20. The molecule has 1 aliphatic carbocycles. The number of nitrogens with zero attached hydrogens (tertiary/aromatic N) is 2. The van der Waals surface area contributed by atoms with Crippen molar-refractivity contribution in [2.24, 2.45) is 0 Å². The molecule has 21 heavy (non-hydrogen) atoms. The highest BCUT2D eigenvalue weighted by Gasteiger charge is 2.23. The zero-order valence-electron chi connectivity index (χ0n) is 11.2. The van der Waals surface area contributed by atoms with Crippen molar-refractivity contribution < 1.29 is 9.76 Å². The average molecular weight is 349 g/mol. The summed E-state index contributed by atoms with van der Waals surface area (Å²) in [7, 11) is 0. The molecule has 2 aliphatic rings. The lowest BCUT2D eigenvalue weighted by atomic mass is 9.94. The maximum absolute atomic E-state index is 11.2. The molecule has 0 saturated carbocycles. The van der Waals surface area contributed by atoms with Crippen LogP contribution >= 0.6 is 15.9 Å². The Morgan fingerprint density at radius 3 is 3.05 bits per heavy atom. The van der Waals surface area contributed by atoms with Gasteiger partial charge in [0.25, 0.3) is 5.69 Å². The molecule has 1 heterocycles. The predicted octanol–water partition coefficient (Wildman–Crippen LogP) is 1.75. The minimum Gasteiger partial charge on any atom is -0.270 e. The van der Waals surface area contributed by atoms with Gasteiger partial charge >= 0.3 is 0 Å². The van der Waals surface area contributed by atoms with Gasteiger partial charge in [-0.15, -0.1) is 6.58 Å². The van der Waals surface area contributed by atoms with E-state index < -0.39 is 0 Å². The molecule has 1 aromatic rings. The minimum absolute atomic E-state index is 0.171. The highest BCUT2D eigenvalue weighted by Crippen LogP contribution is 2.26. The van der Waals surface area contributed by atoms with Gasteiger partial charge in [0.2, 0.25) is 0 Å². The van der Waals surface area contributed by atoms with Gasteiger partial charge < -0.3 is 0 Å². The smallest absolute Gasteiger partial charge is 0.270 e. The zero-order valence-corrected chi connectivity index (χ0v) is 12.8. The number of hydrogen-bond donors (Lipinski definition) is 0. The molecular weight excluding hydrogens is 336 g/mol. The first-order chi connectivity index (χ1) is 10.1. The molecule has 3 rings (SSSR count). The van der Waals surface area contributed by atoms with Crippen molar-refractivity contribution in [3.8, 4) is 0 Å². The van der Waals surface area contributed by atoms with Crippen LogP contribution in [0, 0.1) is 10.1 Å². The summed E-state index contributed by atoms with van der Waals surface area (Å²) >= 11 is 3.48. The molecule has 0 unspecified atom stereocenters. The van der Waals surface area contributed by atoms with E-state index in [2.05, 4.69) is 22.5 Å². The van der Waals surface area contributed by atoms with Crippen molar-refractivity contribution in [2.75, 3.05) is 13.2 Å². The van der Waals surface area contributed by atoms with Crippen LogP contribution in [0.2, 0.25) is 0 Å². The lowest BCUT2D eigenvalue weighted by Gasteiger charge is -2.25. The molecule has 0 saturated heterocycles. The fourth-order valence-electron chi connectivity index (χ4n) is 2.70. The van der Waals surface area contributed by atoms with E-state index in [0.29, 0.717) is 19.6 Å². The van der Waals surface area contributed by atoms with Crippen LogP contribution < -0.4 is 10.4 Å². The van der Waals surface area contributed by atoms with Gasteiger partial charge in [0, 0.05) is 34.0 Å². The number of hydrogen-bond acceptors (Lipinski definition) is 4. The van der Waals surface area contributed by atoms with E-state index in [-0.39, 0.29) is 10.6 Å². The Morgan fingerprint density at radius 2 is 2.33 bits per heavy atom. The van der Waals surface area contributed by atoms with Crippen molar-refractivity contribution in [3.05, 3.63) is 61.5 Å². The number of rotatable bonds is 4. The van der Waals surface area contributed by atoms with E-state index in [9.17, 15) is 10.1 Å². The molecule has 108 valence electrons. The van der Waals surface area contributed by atoms with Gasteiger partial charge in [-0.25, -0.2) is 0 Å². The third kappa shape index (κ3) is 2.52. The first kappa shape index (κ1) is 14.0. The van der Waals surface area contributed by atoms with Crippen LogP contribution in [0.5, 0.6) is 0 Å². The largest absolute Gasteiger partial charge is 0.273 e. The SMILES string of the molecule is C=CCON1C=c2ccc([N+](=O)[O-])c3c2=C(C=C(Br)C3)C1. The summed E-state index contributed by atoms with van der Waals surface area (Å²) in [6, 6.07) is 3.33. The molecule has 0 radical (unpaired) electrons. The second-order valence-corrected chi connectivity index (χ2v) is 5.89. The molecule has 6 heteroatoms. The number of benzene rings is 1. The minimum atomic E-state index is -0.320. The third-order valence-corrected chi connectivity index (χ3v) is 3.99. The van der Waals surface area contributed by atoms with Gasteiger partial charge in [-0.1, -0.05) is 22.0 Å². The predicted molar refractivity (Wildman–Crippen MR) is 83.8 cm³/mol. The molecule has 0 N–H and O–H groups in total. The summed E-state index contributed by atoms with van der Waals surface area (Å²) in [5, 5.41) is 14.9. The summed E-state index contributed by atoms with van der Waals surface area (Å²) < 4.78 is 0.941. The van der Waals surface area contributed by atoms with Gasteiger partial charge in [-0.3, -0.25) is 20.0 Å². The Bertz CT molecular complexity index is 783. The van der Waals surface area contributed by atoms with E-state index in [0.717, 1.165) is 26.1 Å². The van der Waals surface area contributed by atoms with Gasteiger partial charge in [0.1, 0.15) is 0 Å². The van der Waals surface area contributed by atoms with Crippen LogP contribution in [-0.4, -0.2) is 23.1 Å². The van der Waals surface area contributed by atoms with Crippen molar-refractivity contribution in [2.45, 2.75) is 6.42 Å². The van der Waals surface area contributed by atoms with Crippen molar-refractivity contribution in [1.82, 2.24) is 5.06 Å². The molecule has 0 aromatic heterocycles. The molecule has 5 nitrogen and oxygen atoms in total. The number of nitro groups is 1. The fourth-order valence-corrected chi connectivity index (χ4v) is 3.25. The summed E-state index contributed by atoms with van der Waals surface area (Å²) in [6.45, 7) is 4.61. The second-order valence-electron chi connectivity index (χ2n) is 4.87. The van der Waals surface area contributed by atoms with E-state index >= 15 is 0 Å². The van der Waals surface area contributed by atoms with Crippen LogP contribution in [0.25, 0.3) is 11.8 Å². The first-order valence-electron chi connectivity index (χ1n) is 6.48. The van der Waals surface area contributed by atoms with Gasteiger partial charge in [0.05, 0.1) is 18.1 Å². The summed E-state index contributed by atoms with van der Waals surface area (Å²) in [5.74, 6) is 0. The Labute approximate surface area is 129 Å². The second kappa shape index (κ2) is 5.46. The van der Waals surface area contributed by atoms with E-state index in [1.54, 1.807) is 23.3 Å². The van der Waals surface area contributed by atoms with Crippen molar-refractivity contribution in [1.29, 1.82) is 0 Å². The van der Waals surface area contributed by atoms with E-state index in [1.165, 1.54) is 0 Å². The molecule has 1 aromatic carbocycles. The molecular formula is C15H13BrN2O3. The monoisotopic (exact) mass is 348 g/mol. The van der Waals surface area contributed by atoms with Crippen molar-refractivity contribution >= 4 is 33.4 Å². The average Bonchev–Trinajstić information content (AvgIpc) is 2.44. The fraction of sp³-hybridized carbons (Fsp3) is 0.200. The lowest BCUT2D eigenvalue weighted by Crippen LogP contribution is -2.42. The number of allylic oxidation sites excluding steroid dienone is 1. The van der Waals surface area contributed by atoms with E-state index in [1.807, 2.05) is 12.3 Å². The standard InChI is InChI=1S/C15H13BrN2O3/c1-2-5-21-17-8-10-3-4-14(18(19)20)13-7-12(16)6-11(9-17)15(10)13/h2-4,6,8H,1,5,7,9H2.